The van der Waals surface area contributed by atoms with Crippen LogP contribution in [-0.2, 0) is 21.1 Å². The third-order valence-corrected chi connectivity index (χ3v) is 5.89. The van der Waals surface area contributed by atoms with E-state index in [0.717, 1.165) is 0 Å². The lowest BCUT2D eigenvalue weighted by Gasteiger charge is -2.08. The maximum atomic E-state index is 12.2. The van der Waals surface area contributed by atoms with Gasteiger partial charge in [-0.3, -0.25) is 9.78 Å². The normalized spacial score (nSPS) is 11.7. The lowest BCUT2D eigenvalue weighted by Crippen LogP contribution is -2.13. The molecule has 0 aliphatic heterocycles. The Hall–Kier alpha value is -3.14. The predicted octanol–water partition coefficient (Wildman–Crippen LogP) is 2.00. The number of sulfone groups is 1. The third-order valence-electron chi connectivity index (χ3n) is 3.72. The second-order valence-corrected chi connectivity index (χ2v) is 8.48. The highest BCUT2D eigenvalue weighted by atomic mass is 32.2. The molecule has 0 spiro atoms. The molecule has 2 aromatic heterocycles. The molecule has 10 heteroatoms. The average molecular weight is 388 g/mol. The van der Waals surface area contributed by atoms with Gasteiger partial charge in [0.25, 0.3) is 5.89 Å². The Kier molecular flexibility index (Phi) is 5.00. The molecular weight excluding hydrogens is 372 g/mol. The van der Waals surface area contributed by atoms with Gasteiger partial charge in [0.05, 0.1) is 28.2 Å². The average Bonchev–Trinajstić information content (AvgIpc) is 3.09. The lowest BCUT2D eigenvalue weighted by molar-refractivity contribution is -0.136. The predicted molar refractivity (Wildman–Crippen MR) is 94.4 cm³/mol. The Bertz CT molecular complexity index is 1070. The molecule has 9 nitrogen and oxygen atoms in total. The molecule has 0 saturated heterocycles. The Morgan fingerprint density at radius 1 is 1.11 bits per heavy atom. The van der Waals surface area contributed by atoms with Gasteiger partial charge in [0.1, 0.15) is 12.1 Å². The summed E-state index contributed by atoms with van der Waals surface area (Å²) >= 11 is 0. The Balaban J connectivity index is 1.90. The van der Waals surface area contributed by atoms with Gasteiger partial charge in [-0.25, -0.2) is 13.4 Å². The monoisotopic (exact) mass is 388 g/mol. The van der Waals surface area contributed by atoms with Gasteiger partial charge in [0, 0.05) is 5.56 Å². The fraction of sp³-hybridized carbons (Fsp3) is 0.235. The molecule has 140 valence electrons. The van der Waals surface area contributed by atoms with Gasteiger partial charge in [-0.15, -0.1) is 10.2 Å². The van der Waals surface area contributed by atoms with Crippen LogP contribution in [-0.4, -0.2) is 44.9 Å². The molecule has 3 aromatic rings. The van der Waals surface area contributed by atoms with Gasteiger partial charge in [-0.2, -0.15) is 0 Å². The summed E-state index contributed by atoms with van der Waals surface area (Å²) in [4.78, 5) is 19.4. The number of carboxylic acids is 1. The second kappa shape index (κ2) is 7.23. The molecule has 2 heterocycles. The molecule has 0 bridgehead atoms. The van der Waals surface area contributed by atoms with Gasteiger partial charge in [-0.05, 0) is 26.0 Å². The number of hydrogen-bond donors (Lipinski definition) is 1. The van der Waals surface area contributed by atoms with Crippen LogP contribution in [0.15, 0.2) is 46.0 Å². The van der Waals surface area contributed by atoms with Crippen molar-refractivity contribution in [2.75, 3.05) is 0 Å². The maximum Gasteiger partial charge on any atom is 0.312 e. The minimum atomic E-state index is -3.35. The third kappa shape index (κ3) is 4.00. The number of carbonyl (C=O) groups is 1. The van der Waals surface area contributed by atoms with Crippen molar-refractivity contribution in [3.05, 3.63) is 42.5 Å². The zero-order chi connectivity index (χ0) is 19.6. The zero-order valence-electron chi connectivity index (χ0n) is 14.5. The van der Waals surface area contributed by atoms with Gasteiger partial charge < -0.3 is 9.52 Å². The molecule has 3 rings (SSSR count). The number of carboxylic acid groups (broad SMARTS) is 1. The van der Waals surface area contributed by atoms with Crippen LogP contribution in [0, 0.1) is 0 Å². The highest BCUT2D eigenvalue weighted by Crippen LogP contribution is 2.23. The van der Waals surface area contributed by atoms with E-state index < -0.39 is 21.1 Å². The van der Waals surface area contributed by atoms with Gasteiger partial charge in [0.2, 0.25) is 5.89 Å². The molecule has 1 N–H and O–H groups in total. The fourth-order valence-electron chi connectivity index (χ4n) is 2.25. The first-order valence-corrected chi connectivity index (χ1v) is 9.53. The van der Waals surface area contributed by atoms with Crippen molar-refractivity contribution in [3.63, 3.8) is 0 Å². The molecule has 1 aromatic carbocycles. The van der Waals surface area contributed by atoms with Crippen molar-refractivity contribution < 1.29 is 22.7 Å². The van der Waals surface area contributed by atoms with E-state index in [2.05, 4.69) is 20.2 Å². The summed E-state index contributed by atoms with van der Waals surface area (Å²) in [6.45, 7) is 3.25. The first kappa shape index (κ1) is 18.6. The van der Waals surface area contributed by atoms with Crippen LogP contribution < -0.4 is 0 Å². The highest BCUT2D eigenvalue weighted by molar-refractivity contribution is 7.92. The molecular formula is C17H16N4O5S. The Morgan fingerprint density at radius 3 is 2.41 bits per heavy atom. The van der Waals surface area contributed by atoms with Crippen molar-refractivity contribution in [2.45, 2.75) is 30.4 Å². The summed E-state index contributed by atoms with van der Waals surface area (Å²) in [7, 11) is -3.35. The van der Waals surface area contributed by atoms with Crippen molar-refractivity contribution in [3.8, 4) is 22.8 Å². The molecule has 0 fully saturated rings. The van der Waals surface area contributed by atoms with E-state index in [0.29, 0.717) is 11.3 Å². The minimum absolute atomic E-state index is 0.0343. The summed E-state index contributed by atoms with van der Waals surface area (Å²) in [5.41, 5.74) is 1.44. The van der Waals surface area contributed by atoms with Gasteiger partial charge in [0.15, 0.2) is 9.84 Å². The van der Waals surface area contributed by atoms with E-state index in [9.17, 15) is 13.2 Å². The van der Waals surface area contributed by atoms with E-state index in [-0.39, 0.29) is 28.8 Å². The quantitative estimate of drug-likeness (QED) is 0.672. The van der Waals surface area contributed by atoms with E-state index in [1.165, 1.54) is 24.5 Å². The van der Waals surface area contributed by atoms with Crippen LogP contribution in [0.4, 0.5) is 0 Å². The fourth-order valence-corrected chi connectivity index (χ4v) is 3.31. The summed E-state index contributed by atoms with van der Waals surface area (Å²) in [5, 5.41) is 15.7. The van der Waals surface area contributed by atoms with Crippen molar-refractivity contribution >= 4 is 15.8 Å². The molecule has 0 atom stereocenters. The van der Waals surface area contributed by atoms with Gasteiger partial charge in [-0.1, -0.05) is 12.1 Å². The molecule has 0 aliphatic carbocycles. The van der Waals surface area contributed by atoms with E-state index in [4.69, 9.17) is 9.52 Å². The molecule has 27 heavy (non-hydrogen) atoms. The number of benzene rings is 1. The SMILES string of the molecule is CC(C)S(=O)(=O)c1ccc(-c2cncc(-c3nnc(CC(=O)O)o3)n2)cc1. The van der Waals surface area contributed by atoms with Crippen molar-refractivity contribution in [2.24, 2.45) is 0 Å². The Labute approximate surface area is 155 Å². The van der Waals surface area contributed by atoms with Crippen LogP contribution >= 0.6 is 0 Å². The number of aliphatic carboxylic acids is 1. The summed E-state index contributed by atoms with van der Waals surface area (Å²) in [6, 6.07) is 6.34. The smallest absolute Gasteiger partial charge is 0.312 e. The van der Waals surface area contributed by atoms with Crippen molar-refractivity contribution in [1.29, 1.82) is 0 Å². The van der Waals surface area contributed by atoms with Crippen molar-refractivity contribution in [1.82, 2.24) is 20.2 Å². The standard InChI is InChI=1S/C17H16N4O5S/c1-10(2)27(24,25)12-5-3-11(4-6-12)13-8-18-9-14(19-13)17-21-20-15(26-17)7-16(22)23/h3-6,8-10H,7H2,1-2H3,(H,22,23). The molecule has 0 unspecified atom stereocenters. The second-order valence-electron chi connectivity index (χ2n) is 5.98. The minimum Gasteiger partial charge on any atom is -0.481 e. The zero-order valence-corrected chi connectivity index (χ0v) is 15.3. The molecule has 0 radical (unpaired) electrons. The molecule has 0 saturated carbocycles. The van der Waals surface area contributed by atoms with E-state index in [1.54, 1.807) is 26.0 Å². The summed E-state index contributed by atoms with van der Waals surface area (Å²) in [6.07, 6.45) is 2.55. The molecule has 0 amide bonds. The first-order chi connectivity index (χ1) is 12.8. The van der Waals surface area contributed by atoms with Crippen LogP contribution in [0.2, 0.25) is 0 Å². The van der Waals surface area contributed by atoms with Crippen LogP contribution in [0.5, 0.6) is 0 Å². The van der Waals surface area contributed by atoms with Gasteiger partial charge >= 0.3 is 5.97 Å². The van der Waals surface area contributed by atoms with E-state index in [1.807, 2.05) is 0 Å². The van der Waals surface area contributed by atoms with Crippen LogP contribution in [0.3, 0.4) is 0 Å². The topological polar surface area (TPSA) is 136 Å². The largest absolute Gasteiger partial charge is 0.481 e. The molecule has 0 aliphatic rings. The highest BCUT2D eigenvalue weighted by Gasteiger charge is 2.19. The van der Waals surface area contributed by atoms with Crippen LogP contribution in [0.25, 0.3) is 22.8 Å². The summed E-state index contributed by atoms with van der Waals surface area (Å²) in [5.74, 6) is -1.06. The number of rotatable bonds is 6. The lowest BCUT2D eigenvalue weighted by atomic mass is 10.1. The number of aromatic nitrogens is 4. The maximum absolute atomic E-state index is 12.2. The number of nitrogens with zero attached hydrogens (tertiary/aromatic N) is 4. The first-order valence-electron chi connectivity index (χ1n) is 7.98. The van der Waals surface area contributed by atoms with E-state index >= 15 is 0 Å². The number of hydrogen-bond acceptors (Lipinski definition) is 8. The Morgan fingerprint density at radius 2 is 1.78 bits per heavy atom. The summed E-state index contributed by atoms with van der Waals surface area (Å²) < 4.78 is 29.7. The van der Waals surface area contributed by atoms with Crippen LogP contribution in [0.1, 0.15) is 19.7 Å².